The second-order valence-electron chi connectivity index (χ2n) is 3.33. The van der Waals surface area contributed by atoms with Crippen molar-refractivity contribution in [2.75, 3.05) is 0 Å². The lowest BCUT2D eigenvalue weighted by Gasteiger charge is -2.10. The minimum atomic E-state index is -0.376. The fraction of sp³-hybridized carbons (Fsp3) is 0.500. The highest BCUT2D eigenvalue weighted by Crippen LogP contribution is 1.97. The number of aromatic amines is 1. The standard InChI is InChI=1S/C10H17N3O/c1-2-3-9(11)10(14)13-7-8-4-5-12-6-8/h4-6,9,12H,2-3,7,11H2,1H3,(H,13,14)/t9-/m0/s1. The number of nitrogens with one attached hydrogen (secondary N) is 2. The van der Waals surface area contributed by atoms with E-state index in [1.807, 2.05) is 25.4 Å². The van der Waals surface area contributed by atoms with Crippen LogP contribution in [0.4, 0.5) is 0 Å². The van der Waals surface area contributed by atoms with Gasteiger partial charge in [-0.1, -0.05) is 13.3 Å². The first kappa shape index (κ1) is 10.8. The molecule has 1 rings (SSSR count). The van der Waals surface area contributed by atoms with Gasteiger partial charge in [0.25, 0.3) is 0 Å². The van der Waals surface area contributed by atoms with E-state index in [0.717, 1.165) is 18.4 Å². The van der Waals surface area contributed by atoms with E-state index in [9.17, 15) is 4.79 Å². The highest BCUT2D eigenvalue weighted by atomic mass is 16.2. The van der Waals surface area contributed by atoms with Gasteiger partial charge >= 0.3 is 0 Å². The van der Waals surface area contributed by atoms with Gasteiger partial charge in [-0.3, -0.25) is 4.79 Å². The molecule has 0 saturated heterocycles. The monoisotopic (exact) mass is 195 g/mol. The summed E-state index contributed by atoms with van der Waals surface area (Å²) in [4.78, 5) is 14.3. The summed E-state index contributed by atoms with van der Waals surface area (Å²) in [6.45, 7) is 2.55. The van der Waals surface area contributed by atoms with Gasteiger partial charge in [0.15, 0.2) is 0 Å². The van der Waals surface area contributed by atoms with Crippen LogP contribution >= 0.6 is 0 Å². The normalized spacial score (nSPS) is 12.4. The van der Waals surface area contributed by atoms with Crippen molar-refractivity contribution in [3.8, 4) is 0 Å². The third kappa shape index (κ3) is 3.22. The van der Waals surface area contributed by atoms with E-state index in [0.29, 0.717) is 6.54 Å². The summed E-state index contributed by atoms with van der Waals surface area (Å²) in [6.07, 6.45) is 5.34. The van der Waals surface area contributed by atoms with Crippen LogP contribution in [0.5, 0.6) is 0 Å². The number of nitrogens with two attached hydrogens (primary N) is 1. The van der Waals surface area contributed by atoms with Crippen molar-refractivity contribution in [1.82, 2.24) is 10.3 Å². The molecular formula is C10H17N3O. The van der Waals surface area contributed by atoms with E-state index in [1.165, 1.54) is 0 Å². The minimum absolute atomic E-state index is 0.0759. The molecule has 4 N–H and O–H groups in total. The molecule has 4 nitrogen and oxygen atoms in total. The van der Waals surface area contributed by atoms with Crippen LogP contribution in [0.15, 0.2) is 18.5 Å². The number of hydrogen-bond acceptors (Lipinski definition) is 2. The van der Waals surface area contributed by atoms with Gasteiger partial charge in [0.2, 0.25) is 5.91 Å². The molecule has 14 heavy (non-hydrogen) atoms. The van der Waals surface area contributed by atoms with E-state index in [4.69, 9.17) is 5.73 Å². The average Bonchev–Trinajstić information content (AvgIpc) is 2.67. The summed E-state index contributed by atoms with van der Waals surface area (Å²) in [5, 5.41) is 2.79. The lowest BCUT2D eigenvalue weighted by Crippen LogP contribution is -2.39. The fourth-order valence-corrected chi connectivity index (χ4v) is 1.23. The number of carbonyl (C=O) groups excluding carboxylic acids is 1. The lowest BCUT2D eigenvalue weighted by atomic mass is 10.1. The first-order chi connectivity index (χ1) is 6.74. The largest absolute Gasteiger partial charge is 0.367 e. The van der Waals surface area contributed by atoms with Crippen molar-refractivity contribution >= 4 is 5.91 Å². The first-order valence-electron chi connectivity index (χ1n) is 4.89. The molecule has 0 aliphatic rings. The van der Waals surface area contributed by atoms with Gasteiger partial charge in [-0.05, 0) is 18.1 Å². The van der Waals surface area contributed by atoms with Gasteiger partial charge in [-0.15, -0.1) is 0 Å². The Morgan fingerprint density at radius 1 is 1.71 bits per heavy atom. The molecule has 0 spiro atoms. The maximum atomic E-state index is 11.4. The Morgan fingerprint density at radius 2 is 2.50 bits per heavy atom. The molecule has 0 saturated carbocycles. The molecule has 1 amide bonds. The fourth-order valence-electron chi connectivity index (χ4n) is 1.23. The Labute approximate surface area is 83.9 Å². The third-order valence-corrected chi connectivity index (χ3v) is 2.07. The highest BCUT2D eigenvalue weighted by molar-refractivity contribution is 5.81. The van der Waals surface area contributed by atoms with Crippen LogP contribution in [-0.4, -0.2) is 16.9 Å². The predicted octanol–water partition coefficient (Wildman–Crippen LogP) is 0.758. The molecule has 1 heterocycles. The number of rotatable bonds is 5. The SMILES string of the molecule is CCC[C@H](N)C(=O)NCc1cc[nH]c1. The van der Waals surface area contributed by atoms with Gasteiger partial charge in [0.05, 0.1) is 6.04 Å². The quantitative estimate of drug-likeness (QED) is 0.649. The molecule has 1 aromatic rings. The number of aromatic nitrogens is 1. The number of hydrogen-bond donors (Lipinski definition) is 3. The molecule has 0 aromatic carbocycles. The Bertz CT molecular complexity index is 269. The molecule has 0 radical (unpaired) electrons. The average molecular weight is 195 g/mol. The van der Waals surface area contributed by atoms with Gasteiger partial charge in [-0.2, -0.15) is 0 Å². The molecule has 0 bridgehead atoms. The van der Waals surface area contributed by atoms with E-state index in [-0.39, 0.29) is 11.9 Å². The molecule has 0 unspecified atom stereocenters. The van der Waals surface area contributed by atoms with E-state index < -0.39 is 0 Å². The van der Waals surface area contributed by atoms with Crippen LogP contribution < -0.4 is 11.1 Å². The zero-order valence-electron chi connectivity index (χ0n) is 8.42. The van der Waals surface area contributed by atoms with E-state index >= 15 is 0 Å². The lowest BCUT2D eigenvalue weighted by molar-refractivity contribution is -0.122. The molecule has 1 aromatic heterocycles. The zero-order valence-corrected chi connectivity index (χ0v) is 8.42. The van der Waals surface area contributed by atoms with Crippen LogP contribution in [0.3, 0.4) is 0 Å². The van der Waals surface area contributed by atoms with Crippen molar-refractivity contribution in [3.63, 3.8) is 0 Å². The predicted molar refractivity (Wildman–Crippen MR) is 55.5 cm³/mol. The summed E-state index contributed by atoms with van der Waals surface area (Å²) in [6, 6.07) is 1.55. The van der Waals surface area contributed by atoms with Crippen LogP contribution in [0.2, 0.25) is 0 Å². The van der Waals surface area contributed by atoms with Gasteiger partial charge in [0, 0.05) is 18.9 Å². The van der Waals surface area contributed by atoms with Crippen molar-refractivity contribution in [2.24, 2.45) is 5.73 Å². The molecule has 0 aliphatic heterocycles. The van der Waals surface area contributed by atoms with Crippen molar-refractivity contribution in [1.29, 1.82) is 0 Å². The smallest absolute Gasteiger partial charge is 0.237 e. The summed E-state index contributed by atoms with van der Waals surface area (Å²) >= 11 is 0. The van der Waals surface area contributed by atoms with Crippen molar-refractivity contribution in [3.05, 3.63) is 24.0 Å². The Balaban J connectivity index is 2.27. The van der Waals surface area contributed by atoms with Gasteiger partial charge in [-0.25, -0.2) is 0 Å². The second kappa shape index (κ2) is 5.44. The Morgan fingerprint density at radius 3 is 3.07 bits per heavy atom. The second-order valence-corrected chi connectivity index (χ2v) is 3.33. The summed E-state index contributed by atoms with van der Waals surface area (Å²) in [5.74, 6) is -0.0759. The number of H-pyrrole nitrogens is 1. The van der Waals surface area contributed by atoms with E-state index in [2.05, 4.69) is 10.3 Å². The summed E-state index contributed by atoms with van der Waals surface area (Å²) < 4.78 is 0. The Hall–Kier alpha value is -1.29. The molecule has 0 aliphatic carbocycles. The summed E-state index contributed by atoms with van der Waals surface area (Å²) in [7, 11) is 0. The Kier molecular flexibility index (Phi) is 4.19. The van der Waals surface area contributed by atoms with Crippen LogP contribution in [0.1, 0.15) is 25.3 Å². The van der Waals surface area contributed by atoms with Crippen molar-refractivity contribution in [2.45, 2.75) is 32.4 Å². The minimum Gasteiger partial charge on any atom is -0.367 e. The molecular weight excluding hydrogens is 178 g/mol. The molecule has 4 heteroatoms. The van der Waals surface area contributed by atoms with Crippen molar-refractivity contribution < 1.29 is 4.79 Å². The number of carbonyl (C=O) groups is 1. The highest BCUT2D eigenvalue weighted by Gasteiger charge is 2.10. The first-order valence-corrected chi connectivity index (χ1v) is 4.89. The van der Waals surface area contributed by atoms with Crippen LogP contribution in [-0.2, 0) is 11.3 Å². The maximum Gasteiger partial charge on any atom is 0.237 e. The summed E-state index contributed by atoms with van der Waals surface area (Å²) in [5.41, 5.74) is 6.70. The van der Waals surface area contributed by atoms with Gasteiger partial charge in [0.1, 0.15) is 0 Å². The van der Waals surface area contributed by atoms with Gasteiger partial charge < -0.3 is 16.0 Å². The molecule has 0 fully saturated rings. The zero-order chi connectivity index (χ0) is 10.4. The third-order valence-electron chi connectivity index (χ3n) is 2.07. The van der Waals surface area contributed by atoms with Crippen LogP contribution in [0.25, 0.3) is 0 Å². The molecule has 1 atom stereocenters. The maximum absolute atomic E-state index is 11.4. The van der Waals surface area contributed by atoms with E-state index in [1.54, 1.807) is 0 Å². The topological polar surface area (TPSA) is 70.9 Å². The molecule has 78 valence electrons. The number of amides is 1. The van der Waals surface area contributed by atoms with Crippen LogP contribution in [0, 0.1) is 0 Å².